The fourth-order valence-electron chi connectivity index (χ4n) is 1.89. The number of rotatable bonds is 1. The zero-order valence-electron chi connectivity index (χ0n) is 9.23. The number of aromatic nitrogens is 2. The van der Waals surface area contributed by atoms with Gasteiger partial charge in [-0.15, -0.1) is 11.3 Å². The average molecular weight is 258 g/mol. The van der Waals surface area contributed by atoms with Gasteiger partial charge in [-0.1, -0.05) is 18.2 Å². The molecule has 0 amide bonds. The molecule has 0 fully saturated rings. The second-order valence-corrected chi connectivity index (χ2v) is 5.20. The number of H-pyrrole nitrogens is 1. The van der Waals surface area contributed by atoms with Crippen molar-refractivity contribution in [2.45, 2.75) is 6.92 Å². The summed E-state index contributed by atoms with van der Waals surface area (Å²) in [7, 11) is 0. The van der Waals surface area contributed by atoms with Crippen molar-refractivity contribution in [1.29, 1.82) is 0 Å². The monoisotopic (exact) mass is 258 g/mol. The Labute approximate surface area is 108 Å². The molecule has 0 bridgehead atoms. The van der Waals surface area contributed by atoms with Gasteiger partial charge >= 0.3 is 0 Å². The Morgan fingerprint density at radius 1 is 1.29 bits per heavy atom. The van der Waals surface area contributed by atoms with Gasteiger partial charge in [0.1, 0.15) is 0 Å². The lowest BCUT2D eigenvalue weighted by atomic mass is 10.1. The number of aromatic amines is 1. The molecule has 3 rings (SSSR count). The SMILES string of the molecule is Cc1cc(-c2csc3ccccc23)nc(=S)[nH]1. The number of nitrogens with one attached hydrogen (secondary N) is 1. The second kappa shape index (κ2) is 4.05. The summed E-state index contributed by atoms with van der Waals surface area (Å²) in [6.45, 7) is 2.00. The van der Waals surface area contributed by atoms with Gasteiger partial charge in [-0.05, 0) is 31.3 Å². The fraction of sp³-hybridized carbons (Fsp3) is 0.0769. The van der Waals surface area contributed by atoms with Crippen LogP contribution in [0.5, 0.6) is 0 Å². The van der Waals surface area contributed by atoms with Gasteiger partial charge in [-0.3, -0.25) is 0 Å². The van der Waals surface area contributed by atoms with Gasteiger partial charge in [0.15, 0.2) is 4.77 Å². The highest BCUT2D eigenvalue weighted by atomic mass is 32.1. The van der Waals surface area contributed by atoms with Gasteiger partial charge in [0, 0.05) is 26.7 Å². The molecule has 1 N–H and O–H groups in total. The van der Waals surface area contributed by atoms with Crippen LogP contribution in [0.15, 0.2) is 35.7 Å². The Morgan fingerprint density at radius 3 is 2.94 bits per heavy atom. The predicted molar refractivity (Wildman–Crippen MR) is 75.0 cm³/mol. The first-order valence-corrected chi connectivity index (χ1v) is 6.57. The molecule has 0 spiro atoms. The van der Waals surface area contributed by atoms with Crippen molar-refractivity contribution in [2.75, 3.05) is 0 Å². The summed E-state index contributed by atoms with van der Waals surface area (Å²) in [5.74, 6) is 0. The molecule has 0 radical (unpaired) electrons. The minimum atomic E-state index is 0.537. The fourth-order valence-corrected chi connectivity index (χ4v) is 3.11. The van der Waals surface area contributed by atoms with Gasteiger partial charge in [0.25, 0.3) is 0 Å². The van der Waals surface area contributed by atoms with E-state index >= 15 is 0 Å². The molecule has 0 atom stereocenters. The van der Waals surface area contributed by atoms with E-state index in [0.717, 1.165) is 17.0 Å². The first kappa shape index (κ1) is 10.6. The summed E-state index contributed by atoms with van der Waals surface area (Å²) >= 11 is 6.86. The van der Waals surface area contributed by atoms with Crippen LogP contribution in [-0.2, 0) is 0 Å². The molecule has 84 valence electrons. The lowest BCUT2D eigenvalue weighted by Crippen LogP contribution is -1.89. The summed E-state index contributed by atoms with van der Waals surface area (Å²) < 4.78 is 1.82. The highest BCUT2D eigenvalue weighted by Gasteiger charge is 2.07. The molecule has 0 saturated heterocycles. The maximum absolute atomic E-state index is 5.12. The van der Waals surface area contributed by atoms with Gasteiger partial charge in [0.05, 0.1) is 5.69 Å². The number of nitrogens with zero attached hydrogens (tertiary/aromatic N) is 1. The summed E-state index contributed by atoms with van der Waals surface area (Å²) in [4.78, 5) is 7.42. The van der Waals surface area contributed by atoms with Crippen LogP contribution in [0.1, 0.15) is 5.69 Å². The van der Waals surface area contributed by atoms with E-state index in [9.17, 15) is 0 Å². The van der Waals surface area contributed by atoms with Gasteiger partial charge < -0.3 is 4.98 Å². The maximum atomic E-state index is 5.12. The molecule has 2 nitrogen and oxygen atoms in total. The van der Waals surface area contributed by atoms with Crippen molar-refractivity contribution >= 4 is 33.6 Å². The molecule has 1 aromatic carbocycles. The van der Waals surface area contributed by atoms with E-state index in [1.165, 1.54) is 10.1 Å². The first-order valence-electron chi connectivity index (χ1n) is 5.28. The first-order chi connectivity index (χ1) is 8.24. The topological polar surface area (TPSA) is 28.7 Å². The Morgan fingerprint density at radius 2 is 2.12 bits per heavy atom. The van der Waals surface area contributed by atoms with Crippen LogP contribution in [0.3, 0.4) is 0 Å². The van der Waals surface area contributed by atoms with Crippen molar-refractivity contribution < 1.29 is 0 Å². The largest absolute Gasteiger partial charge is 0.335 e. The molecule has 17 heavy (non-hydrogen) atoms. The predicted octanol–water partition coefficient (Wildman–Crippen LogP) is 4.33. The van der Waals surface area contributed by atoms with E-state index in [1.807, 2.05) is 13.0 Å². The van der Waals surface area contributed by atoms with Gasteiger partial charge in [0.2, 0.25) is 0 Å². The highest BCUT2D eigenvalue weighted by molar-refractivity contribution is 7.71. The Balaban J connectivity index is 2.30. The lowest BCUT2D eigenvalue weighted by Gasteiger charge is -2.00. The molecular weight excluding hydrogens is 248 g/mol. The van der Waals surface area contributed by atoms with E-state index < -0.39 is 0 Å². The van der Waals surface area contributed by atoms with E-state index in [4.69, 9.17) is 12.2 Å². The zero-order valence-corrected chi connectivity index (χ0v) is 10.9. The van der Waals surface area contributed by atoms with Crippen molar-refractivity contribution in [3.8, 4) is 11.3 Å². The third-order valence-corrected chi connectivity index (χ3v) is 3.79. The molecule has 0 aliphatic heterocycles. The van der Waals surface area contributed by atoms with Crippen molar-refractivity contribution in [3.63, 3.8) is 0 Å². The van der Waals surface area contributed by atoms with Crippen LogP contribution in [0, 0.1) is 11.7 Å². The minimum absolute atomic E-state index is 0.537. The standard InChI is InChI=1S/C13H10N2S2/c1-8-6-11(15-13(16)14-8)10-7-17-12-5-3-2-4-9(10)12/h2-7H,1H3,(H,14,15,16). The smallest absolute Gasteiger partial charge is 0.197 e. The molecule has 2 aromatic heterocycles. The van der Waals surface area contributed by atoms with Crippen molar-refractivity contribution in [1.82, 2.24) is 9.97 Å². The molecule has 0 saturated carbocycles. The van der Waals surface area contributed by atoms with Crippen molar-refractivity contribution in [2.24, 2.45) is 0 Å². The molecule has 2 heterocycles. The van der Waals surface area contributed by atoms with Crippen LogP contribution >= 0.6 is 23.6 Å². The molecular formula is C13H10N2S2. The maximum Gasteiger partial charge on any atom is 0.197 e. The molecule has 0 unspecified atom stereocenters. The van der Waals surface area contributed by atoms with Crippen LogP contribution < -0.4 is 0 Å². The van der Waals surface area contributed by atoms with Gasteiger partial charge in [-0.25, -0.2) is 4.98 Å². The van der Waals surface area contributed by atoms with Crippen LogP contribution in [0.25, 0.3) is 21.3 Å². The number of aryl methyl sites for hydroxylation is 1. The average Bonchev–Trinajstić information content (AvgIpc) is 2.71. The Kier molecular flexibility index (Phi) is 2.53. The number of hydrogen-bond acceptors (Lipinski definition) is 3. The van der Waals surface area contributed by atoms with Crippen LogP contribution in [0.4, 0.5) is 0 Å². The van der Waals surface area contributed by atoms with Crippen LogP contribution in [-0.4, -0.2) is 9.97 Å². The number of hydrogen-bond donors (Lipinski definition) is 1. The third kappa shape index (κ3) is 1.90. The quantitative estimate of drug-likeness (QED) is 0.658. The number of benzene rings is 1. The lowest BCUT2D eigenvalue weighted by molar-refractivity contribution is 1.08. The van der Waals surface area contributed by atoms with E-state index in [2.05, 4.69) is 39.6 Å². The normalized spacial score (nSPS) is 10.9. The van der Waals surface area contributed by atoms with E-state index in [-0.39, 0.29) is 0 Å². The summed E-state index contributed by atoms with van der Waals surface area (Å²) in [6, 6.07) is 10.4. The highest BCUT2D eigenvalue weighted by Crippen LogP contribution is 2.32. The number of thiophene rings is 1. The Bertz CT molecular complexity index is 740. The van der Waals surface area contributed by atoms with E-state index in [0.29, 0.717) is 4.77 Å². The minimum Gasteiger partial charge on any atom is -0.335 e. The Hall–Kier alpha value is -1.52. The molecule has 3 aromatic rings. The second-order valence-electron chi connectivity index (χ2n) is 3.90. The summed E-state index contributed by atoms with van der Waals surface area (Å²) in [5.41, 5.74) is 3.15. The third-order valence-electron chi connectivity index (χ3n) is 2.64. The molecule has 0 aliphatic rings. The van der Waals surface area contributed by atoms with Gasteiger partial charge in [-0.2, -0.15) is 0 Å². The molecule has 0 aliphatic carbocycles. The summed E-state index contributed by atoms with van der Waals surface area (Å²) in [6.07, 6.45) is 0. The zero-order chi connectivity index (χ0) is 11.8. The van der Waals surface area contributed by atoms with Crippen molar-refractivity contribution in [3.05, 3.63) is 46.2 Å². The van der Waals surface area contributed by atoms with Crippen LogP contribution in [0.2, 0.25) is 0 Å². The summed E-state index contributed by atoms with van der Waals surface area (Å²) in [5, 5.41) is 3.38. The molecule has 4 heteroatoms. The van der Waals surface area contributed by atoms with E-state index in [1.54, 1.807) is 11.3 Å². The number of fused-ring (bicyclic) bond motifs is 1.